The number of hydrogen-bond donors (Lipinski definition) is 1. The molecule has 0 bridgehead atoms. The molecule has 2 aromatic carbocycles. The van der Waals surface area contributed by atoms with Crippen LogP contribution in [0.5, 0.6) is 17.2 Å². The second kappa shape index (κ2) is 10.0. The van der Waals surface area contributed by atoms with Crippen LogP contribution in [0, 0.1) is 5.92 Å². The first kappa shape index (κ1) is 20.1. The van der Waals surface area contributed by atoms with Gasteiger partial charge in [0.2, 0.25) is 5.91 Å². The summed E-state index contributed by atoms with van der Waals surface area (Å²) in [6.45, 7) is 5.14. The van der Waals surface area contributed by atoms with E-state index in [1.807, 2.05) is 0 Å². The third kappa shape index (κ3) is 6.58. The predicted molar refractivity (Wildman–Crippen MR) is 103 cm³/mol. The van der Waals surface area contributed by atoms with E-state index < -0.39 is 0 Å². The van der Waals surface area contributed by atoms with Crippen molar-refractivity contribution in [3.8, 4) is 17.2 Å². The van der Waals surface area contributed by atoms with Gasteiger partial charge in [0.25, 0.3) is 0 Å². The summed E-state index contributed by atoms with van der Waals surface area (Å²) in [5, 5.41) is 3.34. The Kier molecular flexibility index (Phi) is 7.75. The van der Waals surface area contributed by atoms with Crippen LogP contribution in [0.15, 0.2) is 42.5 Å². The predicted octanol–water partition coefficient (Wildman–Crippen LogP) is 5.14. The van der Waals surface area contributed by atoms with Gasteiger partial charge in [-0.15, -0.1) is 0 Å². The monoisotopic (exact) mass is 377 g/mol. The van der Waals surface area contributed by atoms with Crippen LogP contribution in [0.3, 0.4) is 0 Å². The third-order valence-electron chi connectivity index (χ3n) is 3.43. The van der Waals surface area contributed by atoms with Gasteiger partial charge in [-0.1, -0.05) is 25.4 Å². The van der Waals surface area contributed by atoms with Crippen LogP contribution < -0.4 is 14.8 Å². The van der Waals surface area contributed by atoms with E-state index in [2.05, 4.69) is 19.2 Å². The van der Waals surface area contributed by atoms with Crippen molar-refractivity contribution < 1.29 is 19.0 Å². The molecule has 2 rings (SSSR count). The van der Waals surface area contributed by atoms with Crippen molar-refractivity contribution in [1.29, 1.82) is 0 Å². The Morgan fingerprint density at radius 2 is 1.81 bits per heavy atom. The molecular formula is C20H24ClNO4. The number of ether oxygens (including phenoxy) is 3. The van der Waals surface area contributed by atoms with Crippen LogP contribution in [-0.4, -0.2) is 26.2 Å². The van der Waals surface area contributed by atoms with Gasteiger partial charge in [-0.3, -0.25) is 4.79 Å². The maximum Gasteiger partial charge on any atom is 0.226 e. The highest BCUT2D eigenvalue weighted by atomic mass is 35.5. The minimum absolute atomic E-state index is 0.157. The van der Waals surface area contributed by atoms with Gasteiger partial charge in [0, 0.05) is 11.6 Å². The molecule has 1 N–H and O–H groups in total. The zero-order chi connectivity index (χ0) is 18.9. The molecule has 5 nitrogen and oxygen atoms in total. The number of anilines is 1. The molecule has 140 valence electrons. The molecule has 0 saturated heterocycles. The number of amides is 1. The standard InChI is InChI=1S/C20H24ClNO4/c1-14(2)13-25-11-10-20(23)22-18-12-15(21)4-9-19(18)26-17-7-5-16(24-3)6-8-17/h4-9,12,14H,10-11,13H2,1-3H3,(H,22,23). The largest absolute Gasteiger partial charge is 0.497 e. The summed E-state index contributed by atoms with van der Waals surface area (Å²) in [5.41, 5.74) is 0.516. The van der Waals surface area contributed by atoms with Crippen LogP contribution in [0.1, 0.15) is 20.3 Å². The van der Waals surface area contributed by atoms with Crippen molar-refractivity contribution in [3.05, 3.63) is 47.5 Å². The van der Waals surface area contributed by atoms with Gasteiger partial charge in [-0.2, -0.15) is 0 Å². The summed E-state index contributed by atoms with van der Waals surface area (Å²) in [7, 11) is 1.60. The zero-order valence-electron chi connectivity index (χ0n) is 15.3. The summed E-state index contributed by atoms with van der Waals surface area (Å²) in [5.74, 6) is 2.16. The number of benzene rings is 2. The number of halogens is 1. The van der Waals surface area contributed by atoms with Gasteiger partial charge in [0.1, 0.15) is 11.5 Å². The van der Waals surface area contributed by atoms with Gasteiger partial charge in [-0.05, 0) is 48.4 Å². The summed E-state index contributed by atoms with van der Waals surface area (Å²) in [6.07, 6.45) is 0.265. The minimum atomic E-state index is -0.157. The van der Waals surface area contributed by atoms with Crippen LogP contribution in [0.2, 0.25) is 5.02 Å². The van der Waals surface area contributed by atoms with Gasteiger partial charge < -0.3 is 19.5 Å². The molecule has 0 spiro atoms. The van der Waals surface area contributed by atoms with Crippen molar-refractivity contribution in [3.63, 3.8) is 0 Å². The lowest BCUT2D eigenvalue weighted by Crippen LogP contribution is -2.15. The molecule has 0 aliphatic heterocycles. The number of methoxy groups -OCH3 is 1. The third-order valence-corrected chi connectivity index (χ3v) is 3.66. The highest BCUT2D eigenvalue weighted by Crippen LogP contribution is 2.32. The Morgan fingerprint density at radius 3 is 2.46 bits per heavy atom. The smallest absolute Gasteiger partial charge is 0.226 e. The SMILES string of the molecule is COc1ccc(Oc2ccc(Cl)cc2NC(=O)CCOCC(C)C)cc1. The molecule has 6 heteroatoms. The van der Waals surface area contributed by atoms with E-state index in [4.69, 9.17) is 25.8 Å². The first-order chi connectivity index (χ1) is 12.5. The Bertz CT molecular complexity index is 716. The van der Waals surface area contributed by atoms with E-state index in [1.165, 1.54) is 0 Å². The summed E-state index contributed by atoms with van der Waals surface area (Å²) in [6, 6.07) is 12.3. The Balaban J connectivity index is 2.00. The quantitative estimate of drug-likeness (QED) is 0.614. The topological polar surface area (TPSA) is 56.8 Å². The van der Waals surface area contributed by atoms with Gasteiger partial charge >= 0.3 is 0 Å². The fourth-order valence-corrected chi connectivity index (χ4v) is 2.33. The summed E-state index contributed by atoms with van der Waals surface area (Å²) < 4.78 is 16.4. The van der Waals surface area contributed by atoms with E-state index in [9.17, 15) is 4.79 Å². The summed E-state index contributed by atoms with van der Waals surface area (Å²) >= 11 is 6.06. The van der Waals surface area contributed by atoms with Crippen LogP contribution in [-0.2, 0) is 9.53 Å². The number of carbonyl (C=O) groups excluding carboxylic acids is 1. The normalized spacial score (nSPS) is 10.7. The Hall–Kier alpha value is -2.24. The molecule has 26 heavy (non-hydrogen) atoms. The van der Waals surface area contributed by atoms with Crippen molar-refractivity contribution in [2.75, 3.05) is 25.6 Å². The van der Waals surface area contributed by atoms with Crippen molar-refractivity contribution in [2.45, 2.75) is 20.3 Å². The van der Waals surface area contributed by atoms with Crippen molar-refractivity contribution >= 4 is 23.2 Å². The van der Waals surface area contributed by atoms with Gasteiger partial charge in [0.15, 0.2) is 5.75 Å². The van der Waals surface area contributed by atoms with E-state index in [0.29, 0.717) is 41.3 Å². The maximum atomic E-state index is 12.2. The van der Waals surface area contributed by atoms with Crippen molar-refractivity contribution in [2.24, 2.45) is 5.92 Å². The molecule has 0 aromatic heterocycles. The lowest BCUT2D eigenvalue weighted by molar-refractivity contribution is -0.117. The number of hydrogen-bond acceptors (Lipinski definition) is 4. The average Bonchev–Trinajstić information content (AvgIpc) is 2.61. The number of rotatable bonds is 9. The molecule has 0 unspecified atom stereocenters. The Labute approximate surface area is 159 Å². The fourth-order valence-electron chi connectivity index (χ4n) is 2.16. The second-order valence-corrected chi connectivity index (χ2v) is 6.62. The molecule has 0 saturated carbocycles. The molecule has 0 radical (unpaired) electrons. The van der Waals surface area contributed by atoms with Crippen LogP contribution in [0.25, 0.3) is 0 Å². The van der Waals surface area contributed by atoms with E-state index in [0.717, 1.165) is 5.75 Å². The van der Waals surface area contributed by atoms with E-state index in [-0.39, 0.29) is 12.3 Å². The molecule has 1 amide bonds. The molecule has 0 fully saturated rings. The van der Waals surface area contributed by atoms with Gasteiger partial charge in [-0.25, -0.2) is 0 Å². The Morgan fingerprint density at radius 1 is 1.12 bits per heavy atom. The van der Waals surface area contributed by atoms with Crippen LogP contribution >= 0.6 is 11.6 Å². The van der Waals surface area contributed by atoms with E-state index in [1.54, 1.807) is 49.6 Å². The zero-order valence-corrected chi connectivity index (χ0v) is 16.0. The first-order valence-electron chi connectivity index (χ1n) is 8.47. The van der Waals surface area contributed by atoms with Crippen molar-refractivity contribution in [1.82, 2.24) is 0 Å². The second-order valence-electron chi connectivity index (χ2n) is 6.19. The lowest BCUT2D eigenvalue weighted by atomic mass is 10.2. The number of carbonyl (C=O) groups is 1. The number of nitrogens with one attached hydrogen (secondary N) is 1. The van der Waals surface area contributed by atoms with Crippen LogP contribution in [0.4, 0.5) is 5.69 Å². The average molecular weight is 378 g/mol. The molecule has 0 heterocycles. The van der Waals surface area contributed by atoms with Gasteiger partial charge in [0.05, 0.1) is 25.8 Å². The lowest BCUT2D eigenvalue weighted by Gasteiger charge is -2.13. The first-order valence-corrected chi connectivity index (χ1v) is 8.84. The maximum absolute atomic E-state index is 12.2. The van der Waals surface area contributed by atoms with E-state index >= 15 is 0 Å². The molecule has 2 aromatic rings. The molecular weight excluding hydrogens is 354 g/mol. The minimum Gasteiger partial charge on any atom is -0.497 e. The summed E-state index contributed by atoms with van der Waals surface area (Å²) in [4.78, 5) is 12.2. The highest BCUT2D eigenvalue weighted by Gasteiger charge is 2.10. The molecule has 0 aliphatic rings. The highest BCUT2D eigenvalue weighted by molar-refractivity contribution is 6.31. The fraction of sp³-hybridized carbons (Fsp3) is 0.350. The molecule has 0 aliphatic carbocycles. The molecule has 0 atom stereocenters.